The van der Waals surface area contributed by atoms with E-state index in [-0.39, 0.29) is 0 Å². The lowest BCUT2D eigenvalue weighted by molar-refractivity contribution is 0.587. The fraction of sp³-hybridized carbons (Fsp3) is 0.417. The molecule has 2 aromatic heterocycles. The Bertz CT molecular complexity index is 565. The van der Waals surface area contributed by atoms with Gasteiger partial charge in [-0.1, -0.05) is 6.92 Å². The van der Waals surface area contributed by atoms with Gasteiger partial charge in [0.05, 0.1) is 22.1 Å². The van der Waals surface area contributed by atoms with E-state index in [9.17, 15) is 0 Å². The molecule has 2 N–H and O–H groups in total. The Hall–Kier alpha value is -1.63. The molecule has 0 fully saturated rings. The van der Waals surface area contributed by atoms with Crippen molar-refractivity contribution < 1.29 is 0 Å². The summed E-state index contributed by atoms with van der Waals surface area (Å²) in [6.45, 7) is 5.07. The summed E-state index contributed by atoms with van der Waals surface area (Å²) in [6, 6.07) is 0. The van der Waals surface area contributed by atoms with Gasteiger partial charge >= 0.3 is 0 Å². The van der Waals surface area contributed by atoms with Crippen LogP contribution in [0.5, 0.6) is 0 Å². The first-order valence-electron chi connectivity index (χ1n) is 6.15. The topological polar surface area (TPSA) is 67.7 Å². The molecule has 0 bridgehead atoms. The molecule has 0 saturated carbocycles. The van der Waals surface area contributed by atoms with Gasteiger partial charge < -0.3 is 10.6 Å². The summed E-state index contributed by atoms with van der Waals surface area (Å²) in [5, 5.41) is 10.5. The van der Waals surface area contributed by atoms with Gasteiger partial charge in [-0.3, -0.25) is 4.68 Å². The molecule has 0 amide bonds. The second-order valence-electron chi connectivity index (χ2n) is 4.13. The van der Waals surface area contributed by atoms with Crippen LogP contribution >= 0.6 is 15.9 Å². The first-order valence-corrected chi connectivity index (χ1v) is 6.94. The smallest absolute Gasteiger partial charge is 0.229 e. The van der Waals surface area contributed by atoms with Crippen LogP contribution in [-0.4, -0.2) is 26.8 Å². The van der Waals surface area contributed by atoms with E-state index in [0.717, 1.165) is 34.6 Å². The van der Waals surface area contributed by atoms with Crippen molar-refractivity contribution in [3.05, 3.63) is 22.6 Å². The Balaban J connectivity index is 2.21. The number of aromatic nitrogens is 4. The fourth-order valence-electron chi connectivity index (χ4n) is 1.73. The maximum Gasteiger partial charge on any atom is 0.229 e. The molecule has 0 aromatic carbocycles. The van der Waals surface area contributed by atoms with Gasteiger partial charge in [0.15, 0.2) is 0 Å². The molecule has 0 atom stereocenters. The van der Waals surface area contributed by atoms with Crippen LogP contribution in [0.25, 0.3) is 0 Å². The summed E-state index contributed by atoms with van der Waals surface area (Å²) >= 11 is 3.38. The minimum Gasteiger partial charge on any atom is -0.372 e. The van der Waals surface area contributed by atoms with Crippen molar-refractivity contribution in [3.8, 4) is 0 Å². The van der Waals surface area contributed by atoms with Crippen molar-refractivity contribution in [3.63, 3.8) is 0 Å². The maximum atomic E-state index is 4.37. The number of hydrogen-bond donors (Lipinski definition) is 2. The van der Waals surface area contributed by atoms with Crippen molar-refractivity contribution in [2.24, 2.45) is 0 Å². The molecule has 0 unspecified atom stereocenters. The highest BCUT2D eigenvalue weighted by Crippen LogP contribution is 2.22. The number of halogens is 1. The van der Waals surface area contributed by atoms with Crippen LogP contribution in [0.3, 0.4) is 0 Å². The van der Waals surface area contributed by atoms with E-state index >= 15 is 0 Å². The molecule has 7 heteroatoms. The van der Waals surface area contributed by atoms with Crippen LogP contribution in [0.15, 0.2) is 16.9 Å². The summed E-state index contributed by atoms with van der Waals surface area (Å²) < 4.78 is 2.80. The third-order valence-corrected chi connectivity index (χ3v) is 3.35. The molecular formula is C12H17BrN6. The highest BCUT2D eigenvalue weighted by atomic mass is 79.9. The summed E-state index contributed by atoms with van der Waals surface area (Å²) in [7, 11) is 1.82. The number of nitrogens with one attached hydrogen (secondary N) is 2. The molecule has 0 saturated heterocycles. The highest BCUT2D eigenvalue weighted by Gasteiger charge is 2.08. The van der Waals surface area contributed by atoms with Gasteiger partial charge in [-0.05, 0) is 29.3 Å². The molecular weight excluding hydrogens is 308 g/mol. The number of anilines is 3. The molecule has 6 nitrogen and oxygen atoms in total. The van der Waals surface area contributed by atoms with Crippen molar-refractivity contribution in [2.75, 3.05) is 17.7 Å². The zero-order valence-corrected chi connectivity index (χ0v) is 12.8. The van der Waals surface area contributed by atoms with Crippen molar-refractivity contribution in [2.45, 2.75) is 26.8 Å². The fourth-order valence-corrected chi connectivity index (χ4v) is 2.12. The minimum absolute atomic E-state index is 0.548. The molecule has 0 aliphatic carbocycles. The van der Waals surface area contributed by atoms with Crippen LogP contribution < -0.4 is 10.6 Å². The van der Waals surface area contributed by atoms with Gasteiger partial charge in [0, 0.05) is 19.8 Å². The van der Waals surface area contributed by atoms with Crippen LogP contribution in [-0.2, 0) is 6.54 Å². The minimum atomic E-state index is 0.548. The zero-order chi connectivity index (χ0) is 13.8. The van der Waals surface area contributed by atoms with Crippen LogP contribution in [0.2, 0.25) is 0 Å². The second kappa shape index (κ2) is 6.01. The molecule has 0 aliphatic heterocycles. The molecule has 2 rings (SSSR count). The molecule has 0 spiro atoms. The number of hydrogen-bond acceptors (Lipinski definition) is 5. The van der Waals surface area contributed by atoms with Gasteiger partial charge in [0.25, 0.3) is 0 Å². The Labute approximate surface area is 120 Å². The Morgan fingerprint density at radius 3 is 2.84 bits per heavy atom. The third-order valence-electron chi connectivity index (χ3n) is 2.77. The van der Waals surface area contributed by atoms with E-state index in [1.54, 1.807) is 12.4 Å². The first-order chi connectivity index (χ1) is 9.15. The van der Waals surface area contributed by atoms with E-state index in [1.807, 2.05) is 18.7 Å². The monoisotopic (exact) mass is 324 g/mol. The van der Waals surface area contributed by atoms with E-state index in [2.05, 4.69) is 48.6 Å². The molecule has 19 heavy (non-hydrogen) atoms. The number of aryl methyl sites for hydroxylation is 1. The van der Waals surface area contributed by atoms with E-state index in [0.29, 0.717) is 5.95 Å². The van der Waals surface area contributed by atoms with Gasteiger partial charge in [0.2, 0.25) is 5.95 Å². The standard InChI is InChI=1S/C12H17BrN6/c1-4-5-19-8(2)10(7-16-19)17-12-15-6-9(13)11(14-3)18-12/h6-7H,4-5H2,1-3H3,(H2,14,15,17,18). The maximum absolute atomic E-state index is 4.37. The number of nitrogens with zero attached hydrogens (tertiary/aromatic N) is 4. The molecule has 2 heterocycles. The molecule has 102 valence electrons. The Morgan fingerprint density at radius 2 is 2.16 bits per heavy atom. The molecule has 2 aromatic rings. The SMILES string of the molecule is CCCn1ncc(Nc2ncc(Br)c(NC)n2)c1C. The van der Waals surface area contributed by atoms with Gasteiger partial charge in [-0.15, -0.1) is 0 Å². The predicted octanol–water partition coefficient (Wildman–Crippen LogP) is 2.94. The third kappa shape index (κ3) is 3.04. The Morgan fingerprint density at radius 1 is 1.37 bits per heavy atom. The highest BCUT2D eigenvalue weighted by molar-refractivity contribution is 9.10. The van der Waals surface area contributed by atoms with Gasteiger partial charge in [0.1, 0.15) is 5.82 Å². The van der Waals surface area contributed by atoms with Gasteiger partial charge in [-0.2, -0.15) is 10.1 Å². The molecule has 0 aliphatic rings. The average molecular weight is 325 g/mol. The second-order valence-corrected chi connectivity index (χ2v) is 4.99. The molecule has 0 radical (unpaired) electrons. The van der Waals surface area contributed by atoms with E-state index in [4.69, 9.17) is 0 Å². The van der Waals surface area contributed by atoms with Crippen LogP contribution in [0.1, 0.15) is 19.0 Å². The quantitative estimate of drug-likeness (QED) is 0.885. The van der Waals surface area contributed by atoms with Crippen molar-refractivity contribution in [1.29, 1.82) is 0 Å². The lowest BCUT2D eigenvalue weighted by Gasteiger charge is -2.07. The summed E-state index contributed by atoms with van der Waals surface area (Å²) in [5.74, 6) is 1.29. The predicted molar refractivity (Wildman–Crippen MR) is 79.8 cm³/mol. The largest absolute Gasteiger partial charge is 0.372 e. The first kappa shape index (κ1) is 13.8. The zero-order valence-electron chi connectivity index (χ0n) is 11.2. The van der Waals surface area contributed by atoms with Crippen molar-refractivity contribution >= 4 is 33.4 Å². The number of rotatable bonds is 5. The average Bonchev–Trinajstić information content (AvgIpc) is 2.74. The normalized spacial score (nSPS) is 10.5. The van der Waals surface area contributed by atoms with Crippen LogP contribution in [0.4, 0.5) is 17.5 Å². The lowest BCUT2D eigenvalue weighted by atomic mass is 10.4. The summed E-state index contributed by atoms with van der Waals surface area (Å²) in [5.41, 5.74) is 2.01. The van der Waals surface area contributed by atoms with Crippen LogP contribution in [0, 0.1) is 6.92 Å². The van der Waals surface area contributed by atoms with Crippen molar-refractivity contribution in [1.82, 2.24) is 19.7 Å². The lowest BCUT2D eigenvalue weighted by Crippen LogP contribution is -2.04. The summed E-state index contributed by atoms with van der Waals surface area (Å²) in [6.07, 6.45) is 4.57. The van der Waals surface area contributed by atoms with E-state index in [1.165, 1.54) is 0 Å². The Kier molecular flexibility index (Phi) is 4.36. The van der Waals surface area contributed by atoms with Gasteiger partial charge in [-0.25, -0.2) is 4.98 Å². The van der Waals surface area contributed by atoms with E-state index < -0.39 is 0 Å². The summed E-state index contributed by atoms with van der Waals surface area (Å²) in [4.78, 5) is 8.60.